The molecule has 0 radical (unpaired) electrons. The molecule has 5 heteroatoms. The number of carbonyl (C=O) groups is 1. The summed E-state index contributed by atoms with van der Waals surface area (Å²) < 4.78 is 11.7. The molecule has 1 amide bonds. The fraction of sp³-hybridized carbons (Fsp3) is 0.150. The maximum atomic E-state index is 12.5. The number of rotatable bonds is 5. The fourth-order valence-corrected chi connectivity index (χ4v) is 3.19. The van der Waals surface area contributed by atoms with Crippen molar-refractivity contribution in [1.29, 1.82) is 0 Å². The Labute approximate surface area is 154 Å². The molecule has 0 bridgehead atoms. The summed E-state index contributed by atoms with van der Waals surface area (Å²) in [6.45, 7) is 0.360. The molecular weight excluding hydrogens is 382 g/mol. The van der Waals surface area contributed by atoms with E-state index in [1.807, 2.05) is 42.5 Å². The predicted molar refractivity (Wildman–Crippen MR) is 102 cm³/mol. The Kier molecular flexibility index (Phi) is 5.24. The first-order chi connectivity index (χ1) is 12.1. The Hall–Kier alpha value is -2.53. The van der Waals surface area contributed by atoms with Gasteiger partial charge in [-0.15, -0.1) is 0 Å². The molecule has 3 aromatic carbocycles. The normalized spacial score (nSPS) is 10.5. The highest BCUT2D eigenvalue weighted by Crippen LogP contribution is 2.30. The van der Waals surface area contributed by atoms with E-state index in [2.05, 4.69) is 21.2 Å². The van der Waals surface area contributed by atoms with Crippen LogP contribution in [0.4, 0.5) is 0 Å². The van der Waals surface area contributed by atoms with Crippen LogP contribution in [-0.4, -0.2) is 20.1 Å². The van der Waals surface area contributed by atoms with E-state index in [4.69, 9.17) is 9.47 Å². The quantitative estimate of drug-likeness (QED) is 0.684. The van der Waals surface area contributed by atoms with E-state index in [1.54, 1.807) is 26.4 Å². The van der Waals surface area contributed by atoms with Crippen LogP contribution in [0.3, 0.4) is 0 Å². The van der Waals surface area contributed by atoms with Crippen molar-refractivity contribution >= 4 is 32.6 Å². The van der Waals surface area contributed by atoms with Crippen molar-refractivity contribution in [2.45, 2.75) is 6.54 Å². The van der Waals surface area contributed by atoms with Gasteiger partial charge in [-0.1, -0.05) is 40.2 Å². The summed E-state index contributed by atoms with van der Waals surface area (Å²) in [4.78, 5) is 12.5. The van der Waals surface area contributed by atoms with Gasteiger partial charge >= 0.3 is 0 Å². The minimum absolute atomic E-state index is 0.186. The Balaban J connectivity index is 1.91. The lowest BCUT2D eigenvalue weighted by molar-refractivity contribution is 0.0948. The second-order valence-electron chi connectivity index (χ2n) is 5.49. The number of halogens is 1. The highest BCUT2D eigenvalue weighted by molar-refractivity contribution is 9.10. The molecule has 0 aromatic heterocycles. The lowest BCUT2D eigenvalue weighted by Gasteiger charge is -2.14. The van der Waals surface area contributed by atoms with E-state index < -0.39 is 0 Å². The van der Waals surface area contributed by atoms with Gasteiger partial charge in [0.1, 0.15) is 11.5 Å². The molecule has 0 atom stereocenters. The number of para-hydroxylation sites is 1. The molecule has 0 saturated heterocycles. The van der Waals surface area contributed by atoms with E-state index in [0.29, 0.717) is 17.9 Å². The molecular formula is C20H18BrNO3. The van der Waals surface area contributed by atoms with Gasteiger partial charge in [-0.2, -0.15) is 0 Å². The van der Waals surface area contributed by atoms with Crippen LogP contribution in [0.2, 0.25) is 0 Å². The molecule has 0 spiro atoms. The number of ether oxygens (including phenoxy) is 2. The smallest absolute Gasteiger partial charge is 0.255 e. The van der Waals surface area contributed by atoms with E-state index in [9.17, 15) is 4.79 Å². The molecule has 25 heavy (non-hydrogen) atoms. The van der Waals surface area contributed by atoms with Gasteiger partial charge in [0.2, 0.25) is 0 Å². The number of carbonyl (C=O) groups excluding carboxylic acids is 1. The number of nitrogens with one attached hydrogen (secondary N) is 1. The fourth-order valence-electron chi connectivity index (χ4n) is 2.81. The number of hydrogen-bond acceptors (Lipinski definition) is 3. The molecule has 0 fully saturated rings. The van der Waals surface area contributed by atoms with Gasteiger partial charge in [0.25, 0.3) is 5.91 Å². The maximum Gasteiger partial charge on any atom is 0.255 e. The highest BCUT2D eigenvalue weighted by atomic mass is 79.9. The Morgan fingerprint density at radius 2 is 1.76 bits per heavy atom. The van der Waals surface area contributed by atoms with Gasteiger partial charge in [-0.3, -0.25) is 4.79 Å². The summed E-state index contributed by atoms with van der Waals surface area (Å²) in [6, 6.07) is 17.1. The third kappa shape index (κ3) is 3.61. The average molecular weight is 400 g/mol. The number of fused-ring (bicyclic) bond motifs is 1. The molecule has 0 aliphatic heterocycles. The van der Waals surface area contributed by atoms with Crippen molar-refractivity contribution in [3.8, 4) is 11.5 Å². The zero-order valence-electron chi connectivity index (χ0n) is 14.0. The van der Waals surface area contributed by atoms with E-state index in [-0.39, 0.29) is 5.91 Å². The van der Waals surface area contributed by atoms with Crippen molar-refractivity contribution in [3.63, 3.8) is 0 Å². The van der Waals surface area contributed by atoms with Crippen LogP contribution in [0, 0.1) is 0 Å². The van der Waals surface area contributed by atoms with E-state index in [1.165, 1.54) is 0 Å². The zero-order valence-corrected chi connectivity index (χ0v) is 15.6. The SMILES string of the molecule is COc1ccccc1C(=O)NCc1c(OC)ccc2cc(Br)ccc12. The number of benzene rings is 3. The topological polar surface area (TPSA) is 47.6 Å². The van der Waals surface area contributed by atoms with Crippen molar-refractivity contribution in [2.24, 2.45) is 0 Å². The summed E-state index contributed by atoms with van der Waals surface area (Å²) in [6.07, 6.45) is 0. The number of hydrogen-bond donors (Lipinski definition) is 1. The highest BCUT2D eigenvalue weighted by Gasteiger charge is 2.14. The van der Waals surface area contributed by atoms with Crippen LogP contribution in [-0.2, 0) is 6.54 Å². The Bertz CT molecular complexity index is 924. The first-order valence-electron chi connectivity index (χ1n) is 7.80. The van der Waals surface area contributed by atoms with Crippen molar-refractivity contribution < 1.29 is 14.3 Å². The summed E-state index contributed by atoms with van der Waals surface area (Å²) in [5.74, 6) is 1.11. The molecule has 1 N–H and O–H groups in total. The number of methoxy groups -OCH3 is 2. The second-order valence-corrected chi connectivity index (χ2v) is 6.41. The minimum atomic E-state index is -0.186. The summed E-state index contributed by atoms with van der Waals surface area (Å²) in [5, 5.41) is 5.09. The van der Waals surface area contributed by atoms with Crippen LogP contribution in [0.15, 0.2) is 59.1 Å². The molecule has 0 unspecified atom stereocenters. The minimum Gasteiger partial charge on any atom is -0.496 e. The van der Waals surface area contributed by atoms with Crippen molar-refractivity contribution in [1.82, 2.24) is 5.32 Å². The molecule has 3 aromatic rings. The molecule has 0 aliphatic carbocycles. The Morgan fingerprint density at radius 3 is 2.52 bits per heavy atom. The number of amides is 1. The zero-order chi connectivity index (χ0) is 17.8. The van der Waals surface area contributed by atoms with Crippen molar-refractivity contribution in [2.75, 3.05) is 14.2 Å². The van der Waals surface area contributed by atoms with Crippen LogP contribution in [0.25, 0.3) is 10.8 Å². The molecule has 0 heterocycles. The maximum absolute atomic E-state index is 12.5. The van der Waals surface area contributed by atoms with Gasteiger partial charge in [0, 0.05) is 16.6 Å². The monoisotopic (exact) mass is 399 g/mol. The van der Waals surface area contributed by atoms with Gasteiger partial charge in [-0.05, 0) is 41.1 Å². The van der Waals surface area contributed by atoms with Crippen LogP contribution < -0.4 is 14.8 Å². The first kappa shape index (κ1) is 17.3. The lowest BCUT2D eigenvalue weighted by atomic mass is 10.0. The predicted octanol–water partition coefficient (Wildman–Crippen LogP) is 4.55. The molecule has 0 aliphatic rings. The van der Waals surface area contributed by atoms with Crippen molar-refractivity contribution in [3.05, 3.63) is 70.2 Å². The lowest BCUT2D eigenvalue weighted by Crippen LogP contribution is -2.23. The summed E-state index contributed by atoms with van der Waals surface area (Å²) in [5.41, 5.74) is 1.45. The average Bonchev–Trinajstić information content (AvgIpc) is 2.65. The van der Waals surface area contributed by atoms with Crippen LogP contribution in [0.1, 0.15) is 15.9 Å². The van der Waals surface area contributed by atoms with E-state index >= 15 is 0 Å². The summed E-state index contributed by atoms with van der Waals surface area (Å²) >= 11 is 3.49. The standard InChI is InChI=1S/C20H18BrNO3/c1-24-18-6-4-3-5-16(18)20(23)22-12-17-15-9-8-14(21)11-13(15)7-10-19(17)25-2/h3-11H,12H2,1-2H3,(H,22,23). The third-order valence-electron chi connectivity index (χ3n) is 4.05. The summed E-state index contributed by atoms with van der Waals surface area (Å²) in [7, 11) is 3.18. The Morgan fingerprint density at radius 1 is 1.00 bits per heavy atom. The van der Waals surface area contributed by atoms with E-state index in [0.717, 1.165) is 26.6 Å². The van der Waals surface area contributed by atoms with Gasteiger partial charge in [0.15, 0.2) is 0 Å². The molecule has 3 rings (SSSR count). The second kappa shape index (κ2) is 7.57. The van der Waals surface area contributed by atoms with Gasteiger partial charge in [-0.25, -0.2) is 0 Å². The van der Waals surface area contributed by atoms with Gasteiger partial charge < -0.3 is 14.8 Å². The third-order valence-corrected chi connectivity index (χ3v) is 4.54. The van der Waals surface area contributed by atoms with Crippen LogP contribution in [0.5, 0.6) is 11.5 Å². The first-order valence-corrected chi connectivity index (χ1v) is 8.59. The van der Waals surface area contributed by atoms with Gasteiger partial charge in [0.05, 0.1) is 19.8 Å². The molecule has 0 saturated carbocycles. The largest absolute Gasteiger partial charge is 0.496 e. The van der Waals surface area contributed by atoms with Crippen LogP contribution >= 0.6 is 15.9 Å². The molecule has 4 nitrogen and oxygen atoms in total. The molecule has 128 valence electrons.